The molecular weight excluding hydrogens is 266 g/mol. The fourth-order valence-electron chi connectivity index (χ4n) is 1.89. The summed E-state index contributed by atoms with van der Waals surface area (Å²) in [5.41, 5.74) is 13.9. The smallest absolute Gasteiger partial charge is 0.248 e. The molecule has 0 radical (unpaired) electrons. The molecule has 0 bridgehead atoms. The summed E-state index contributed by atoms with van der Waals surface area (Å²) in [5.74, 6) is 0.271. The summed E-state index contributed by atoms with van der Waals surface area (Å²) in [6.45, 7) is 0.335. The summed E-state index contributed by atoms with van der Waals surface area (Å²) in [4.78, 5) is 13.1. The molecule has 21 heavy (non-hydrogen) atoms. The molecule has 0 aliphatic carbocycles. The van der Waals surface area contributed by atoms with Crippen LogP contribution < -0.4 is 21.1 Å². The van der Waals surface area contributed by atoms with Crippen LogP contribution in [-0.2, 0) is 6.61 Å². The molecule has 5 nitrogen and oxygen atoms in total. The summed E-state index contributed by atoms with van der Waals surface area (Å²) < 4.78 is 5.74. The zero-order chi connectivity index (χ0) is 15.4. The Kier molecular flexibility index (Phi) is 4.33. The van der Waals surface area contributed by atoms with Crippen molar-refractivity contribution >= 4 is 17.3 Å². The van der Waals surface area contributed by atoms with Crippen LogP contribution in [0.3, 0.4) is 0 Å². The molecule has 0 fully saturated rings. The minimum absolute atomic E-state index is 0.335. The second kappa shape index (κ2) is 6.17. The van der Waals surface area contributed by atoms with Crippen molar-refractivity contribution in [1.29, 1.82) is 0 Å². The predicted octanol–water partition coefficient (Wildman–Crippen LogP) is 2.01. The number of primary amides is 1. The van der Waals surface area contributed by atoms with Gasteiger partial charge < -0.3 is 21.1 Å². The number of amides is 1. The van der Waals surface area contributed by atoms with E-state index in [-0.39, 0.29) is 0 Å². The first-order chi connectivity index (χ1) is 9.97. The maximum atomic E-state index is 11.1. The van der Waals surface area contributed by atoms with Gasteiger partial charge in [0, 0.05) is 42.7 Å². The lowest BCUT2D eigenvalue weighted by molar-refractivity contribution is 0.100. The molecule has 0 unspecified atom stereocenters. The molecule has 1 amide bonds. The second-order valence-electron chi connectivity index (χ2n) is 4.96. The van der Waals surface area contributed by atoms with Crippen LogP contribution in [0.25, 0.3) is 0 Å². The van der Waals surface area contributed by atoms with Crippen LogP contribution in [0.1, 0.15) is 15.9 Å². The number of rotatable bonds is 5. The van der Waals surface area contributed by atoms with Gasteiger partial charge in [-0.15, -0.1) is 0 Å². The number of hydrogen-bond donors (Lipinski definition) is 2. The van der Waals surface area contributed by atoms with E-state index in [1.54, 1.807) is 18.2 Å². The highest BCUT2D eigenvalue weighted by atomic mass is 16.5. The van der Waals surface area contributed by atoms with Gasteiger partial charge in [-0.25, -0.2) is 0 Å². The highest BCUT2D eigenvalue weighted by molar-refractivity contribution is 5.93. The van der Waals surface area contributed by atoms with Crippen molar-refractivity contribution in [2.45, 2.75) is 6.61 Å². The minimum Gasteiger partial charge on any atom is -0.489 e. The zero-order valence-corrected chi connectivity index (χ0v) is 12.2. The van der Waals surface area contributed by atoms with Crippen LogP contribution >= 0.6 is 0 Å². The number of nitrogen functional groups attached to an aromatic ring is 1. The third-order valence-corrected chi connectivity index (χ3v) is 3.16. The quantitative estimate of drug-likeness (QED) is 0.823. The van der Waals surface area contributed by atoms with Crippen LogP contribution in [0.2, 0.25) is 0 Å². The third-order valence-electron chi connectivity index (χ3n) is 3.16. The first-order valence-corrected chi connectivity index (χ1v) is 6.56. The Bertz CT molecular complexity index is 654. The summed E-state index contributed by atoms with van der Waals surface area (Å²) in [6, 6.07) is 12.7. The largest absolute Gasteiger partial charge is 0.489 e. The first-order valence-electron chi connectivity index (χ1n) is 6.56. The van der Waals surface area contributed by atoms with E-state index in [0.29, 0.717) is 17.9 Å². The fourth-order valence-corrected chi connectivity index (χ4v) is 1.89. The van der Waals surface area contributed by atoms with Crippen molar-refractivity contribution in [3.63, 3.8) is 0 Å². The summed E-state index contributed by atoms with van der Waals surface area (Å²) >= 11 is 0. The lowest BCUT2D eigenvalue weighted by Gasteiger charge is -2.14. The molecule has 0 spiro atoms. The van der Waals surface area contributed by atoms with Gasteiger partial charge in [-0.05, 0) is 24.3 Å². The fraction of sp³-hybridized carbons (Fsp3) is 0.188. The van der Waals surface area contributed by atoms with E-state index in [2.05, 4.69) is 0 Å². The van der Waals surface area contributed by atoms with Crippen molar-refractivity contribution in [1.82, 2.24) is 0 Å². The lowest BCUT2D eigenvalue weighted by atomic mass is 10.1. The molecule has 110 valence electrons. The van der Waals surface area contributed by atoms with Gasteiger partial charge in [-0.1, -0.05) is 12.1 Å². The average molecular weight is 285 g/mol. The third kappa shape index (κ3) is 3.66. The van der Waals surface area contributed by atoms with E-state index in [0.717, 1.165) is 17.0 Å². The highest BCUT2D eigenvalue weighted by Gasteiger charge is 2.06. The van der Waals surface area contributed by atoms with Crippen LogP contribution in [-0.4, -0.2) is 20.0 Å². The minimum atomic E-state index is -0.493. The Labute approximate surface area is 124 Å². The van der Waals surface area contributed by atoms with E-state index in [1.165, 1.54) is 0 Å². The molecule has 0 aromatic heterocycles. The number of anilines is 2. The molecular formula is C16H19N3O2. The van der Waals surface area contributed by atoms with Crippen LogP contribution in [0, 0.1) is 0 Å². The zero-order valence-electron chi connectivity index (χ0n) is 12.2. The van der Waals surface area contributed by atoms with Crippen molar-refractivity contribution in [3.05, 3.63) is 53.6 Å². The molecule has 0 aliphatic heterocycles. The van der Waals surface area contributed by atoms with Crippen molar-refractivity contribution < 1.29 is 9.53 Å². The maximum Gasteiger partial charge on any atom is 0.248 e. The average Bonchev–Trinajstić information content (AvgIpc) is 2.46. The molecule has 0 saturated heterocycles. The van der Waals surface area contributed by atoms with Gasteiger partial charge in [0.1, 0.15) is 12.4 Å². The van der Waals surface area contributed by atoms with E-state index in [9.17, 15) is 4.79 Å². The normalized spacial score (nSPS) is 10.2. The monoisotopic (exact) mass is 285 g/mol. The molecule has 0 saturated carbocycles. The van der Waals surface area contributed by atoms with Crippen LogP contribution in [0.4, 0.5) is 11.4 Å². The number of nitrogens with two attached hydrogens (primary N) is 2. The summed E-state index contributed by atoms with van der Waals surface area (Å²) in [5, 5.41) is 0. The van der Waals surface area contributed by atoms with Crippen molar-refractivity contribution in [2.75, 3.05) is 24.7 Å². The molecule has 0 atom stereocenters. The van der Waals surface area contributed by atoms with E-state index in [4.69, 9.17) is 16.2 Å². The van der Waals surface area contributed by atoms with E-state index < -0.39 is 5.91 Å². The number of nitrogens with zero attached hydrogens (tertiary/aromatic N) is 1. The first kappa shape index (κ1) is 14.7. The van der Waals surface area contributed by atoms with Gasteiger partial charge in [0.05, 0.1) is 0 Å². The predicted molar refractivity (Wildman–Crippen MR) is 84.5 cm³/mol. The van der Waals surface area contributed by atoms with Gasteiger partial charge in [0.15, 0.2) is 0 Å². The standard InChI is InChI=1S/C16H19N3O2/c1-19(2)13-4-3-5-14(9-13)21-10-12-7-6-11(16(18)20)8-15(12)17/h3-9H,10,17H2,1-2H3,(H2,18,20). The molecule has 5 heteroatoms. The SMILES string of the molecule is CN(C)c1cccc(OCc2ccc(C(N)=O)cc2N)c1. The van der Waals surface area contributed by atoms with Crippen molar-refractivity contribution in [3.8, 4) is 5.75 Å². The molecule has 2 aromatic rings. The van der Waals surface area contributed by atoms with Gasteiger partial charge in [-0.3, -0.25) is 4.79 Å². The van der Waals surface area contributed by atoms with Gasteiger partial charge in [0.2, 0.25) is 5.91 Å². The summed E-state index contributed by atoms with van der Waals surface area (Å²) in [6.07, 6.45) is 0. The second-order valence-corrected chi connectivity index (χ2v) is 4.96. The number of hydrogen-bond acceptors (Lipinski definition) is 4. The number of carbonyl (C=O) groups is 1. The lowest BCUT2D eigenvalue weighted by Crippen LogP contribution is -2.12. The molecule has 0 aliphatic rings. The molecule has 0 heterocycles. The molecule has 2 aromatic carbocycles. The number of carbonyl (C=O) groups excluding carboxylic acids is 1. The van der Waals surface area contributed by atoms with Crippen LogP contribution in [0.15, 0.2) is 42.5 Å². The Balaban J connectivity index is 2.09. The summed E-state index contributed by atoms with van der Waals surface area (Å²) in [7, 11) is 3.94. The molecule has 2 rings (SSSR count). The molecule has 4 N–H and O–H groups in total. The van der Waals surface area contributed by atoms with Crippen LogP contribution in [0.5, 0.6) is 5.75 Å². The number of ether oxygens (including phenoxy) is 1. The van der Waals surface area contributed by atoms with E-state index >= 15 is 0 Å². The van der Waals surface area contributed by atoms with Crippen molar-refractivity contribution in [2.24, 2.45) is 5.73 Å². The van der Waals surface area contributed by atoms with Gasteiger partial charge >= 0.3 is 0 Å². The Morgan fingerprint density at radius 3 is 2.57 bits per heavy atom. The Morgan fingerprint density at radius 2 is 1.95 bits per heavy atom. The van der Waals surface area contributed by atoms with Gasteiger partial charge in [0.25, 0.3) is 0 Å². The van der Waals surface area contributed by atoms with E-state index in [1.807, 2.05) is 43.3 Å². The Morgan fingerprint density at radius 1 is 1.19 bits per heavy atom. The Hall–Kier alpha value is -2.69. The van der Waals surface area contributed by atoms with Gasteiger partial charge in [-0.2, -0.15) is 0 Å². The highest BCUT2D eigenvalue weighted by Crippen LogP contribution is 2.22. The maximum absolute atomic E-state index is 11.1. The topological polar surface area (TPSA) is 81.6 Å². The number of benzene rings is 2.